The summed E-state index contributed by atoms with van der Waals surface area (Å²) in [6.45, 7) is 6.68. The Morgan fingerprint density at radius 2 is 2.32 bits per heavy atom. The number of nitrogens with one attached hydrogen (secondary N) is 1. The van der Waals surface area contributed by atoms with Crippen molar-refractivity contribution < 1.29 is 9.53 Å². The maximum absolute atomic E-state index is 12.3. The number of carbonyl (C=O) groups excluding carboxylic acids is 1. The van der Waals surface area contributed by atoms with Crippen molar-refractivity contribution in [1.82, 2.24) is 15.2 Å². The molecule has 0 bridgehead atoms. The normalized spacial score (nSPS) is 23.8. The maximum atomic E-state index is 12.3. The van der Waals surface area contributed by atoms with Crippen molar-refractivity contribution >= 4 is 29.1 Å². The summed E-state index contributed by atoms with van der Waals surface area (Å²) >= 11 is 2.93. The molecule has 25 heavy (non-hydrogen) atoms. The number of hydrogen-bond donors (Lipinski definition) is 1. The lowest BCUT2D eigenvalue weighted by Crippen LogP contribution is -2.36. The summed E-state index contributed by atoms with van der Waals surface area (Å²) in [6.07, 6.45) is 3.40. The minimum absolute atomic E-state index is 0.0469. The van der Waals surface area contributed by atoms with Gasteiger partial charge in [-0.05, 0) is 42.0 Å². The lowest BCUT2D eigenvalue weighted by Gasteiger charge is -2.36. The van der Waals surface area contributed by atoms with Gasteiger partial charge in [0.15, 0.2) is 5.82 Å². The molecule has 7 heteroatoms. The molecule has 1 fully saturated rings. The molecule has 1 N–H and O–H groups in total. The Bertz CT molecular complexity index is 684. The summed E-state index contributed by atoms with van der Waals surface area (Å²) in [5, 5.41) is 9.67. The number of thioether (sulfide) groups is 1. The minimum Gasteiger partial charge on any atom is -0.461 e. The Balaban J connectivity index is 1.52. The average Bonchev–Trinajstić information content (AvgIpc) is 3.24. The van der Waals surface area contributed by atoms with Gasteiger partial charge in [0.25, 0.3) is 0 Å². The Labute approximate surface area is 157 Å². The lowest BCUT2D eigenvalue weighted by atomic mass is 9.75. The second-order valence-corrected chi connectivity index (χ2v) is 8.98. The Hall–Kier alpha value is -1.34. The lowest BCUT2D eigenvalue weighted by molar-refractivity contribution is -0.152. The van der Waals surface area contributed by atoms with Crippen LogP contribution in [0.25, 0.3) is 10.7 Å². The van der Waals surface area contributed by atoms with Crippen LogP contribution in [0.1, 0.15) is 40.0 Å². The first kappa shape index (κ1) is 18.5. The van der Waals surface area contributed by atoms with Crippen molar-refractivity contribution in [3.8, 4) is 10.7 Å². The molecule has 5 nitrogen and oxygen atoms in total. The molecule has 1 aliphatic rings. The monoisotopic (exact) mass is 379 g/mol. The van der Waals surface area contributed by atoms with Gasteiger partial charge in [-0.2, -0.15) is 0 Å². The van der Waals surface area contributed by atoms with Crippen LogP contribution in [0.2, 0.25) is 0 Å². The van der Waals surface area contributed by atoms with E-state index in [0.717, 1.165) is 23.5 Å². The number of aromatic amines is 1. The molecule has 0 aliphatic heterocycles. The molecular formula is C18H25N3O2S2. The van der Waals surface area contributed by atoms with Crippen LogP contribution in [0.4, 0.5) is 0 Å². The fourth-order valence-corrected chi connectivity index (χ4v) is 4.66. The highest BCUT2D eigenvalue weighted by molar-refractivity contribution is 7.99. The van der Waals surface area contributed by atoms with Crippen molar-refractivity contribution in [2.45, 2.75) is 51.3 Å². The van der Waals surface area contributed by atoms with E-state index in [4.69, 9.17) is 4.74 Å². The number of carbonyl (C=O) groups is 1. The Kier molecular flexibility index (Phi) is 6.17. The highest BCUT2D eigenvalue weighted by Gasteiger charge is 2.33. The van der Waals surface area contributed by atoms with Crippen LogP contribution < -0.4 is 0 Å². The summed E-state index contributed by atoms with van der Waals surface area (Å²) in [4.78, 5) is 17.8. The zero-order chi connectivity index (χ0) is 17.8. The predicted octanol–water partition coefficient (Wildman–Crippen LogP) is 4.63. The average molecular weight is 380 g/mol. The number of ether oxygens (including phenoxy) is 1. The summed E-state index contributed by atoms with van der Waals surface area (Å²) in [5.74, 6) is 2.46. The van der Waals surface area contributed by atoms with Crippen LogP contribution in [0.3, 0.4) is 0 Å². The molecule has 0 radical (unpaired) electrons. The maximum Gasteiger partial charge on any atom is 0.316 e. The molecule has 0 aromatic carbocycles. The molecule has 3 atom stereocenters. The first-order valence-corrected chi connectivity index (χ1v) is 10.7. The molecule has 1 aliphatic carbocycles. The highest BCUT2D eigenvalue weighted by atomic mass is 32.2. The standard InChI is InChI=1S/C18H25N3O2S2/c1-11(2)13-7-6-12(3)9-14(13)23-16(22)10-25-18-19-17(20-21-18)15-5-4-8-24-15/h4-5,8,11-14H,6-7,9-10H2,1-3H3,(H,19,20,21)/t12-,13-,14-/m1/s1. The number of H-pyrrole nitrogens is 1. The topological polar surface area (TPSA) is 67.9 Å². The second kappa shape index (κ2) is 8.36. The van der Waals surface area contributed by atoms with E-state index in [9.17, 15) is 4.79 Å². The summed E-state index contributed by atoms with van der Waals surface area (Å²) in [6, 6.07) is 3.97. The van der Waals surface area contributed by atoms with Crippen molar-refractivity contribution in [1.29, 1.82) is 0 Å². The van der Waals surface area contributed by atoms with Crippen LogP contribution in [-0.4, -0.2) is 33.0 Å². The number of aromatic nitrogens is 3. The molecule has 1 saturated carbocycles. The van der Waals surface area contributed by atoms with Gasteiger partial charge in [0.2, 0.25) is 5.16 Å². The van der Waals surface area contributed by atoms with Crippen molar-refractivity contribution in [2.75, 3.05) is 5.75 Å². The summed E-state index contributed by atoms with van der Waals surface area (Å²) in [7, 11) is 0. The van der Waals surface area contributed by atoms with Gasteiger partial charge < -0.3 is 4.74 Å². The summed E-state index contributed by atoms with van der Waals surface area (Å²) in [5.41, 5.74) is 0. The zero-order valence-corrected chi connectivity index (χ0v) is 16.5. The fraction of sp³-hybridized carbons (Fsp3) is 0.611. The van der Waals surface area contributed by atoms with Crippen LogP contribution in [-0.2, 0) is 9.53 Å². The second-order valence-electron chi connectivity index (χ2n) is 7.09. The highest BCUT2D eigenvalue weighted by Crippen LogP contribution is 2.35. The van der Waals surface area contributed by atoms with Crippen molar-refractivity contribution in [2.24, 2.45) is 17.8 Å². The van der Waals surface area contributed by atoms with Crippen LogP contribution in [0, 0.1) is 17.8 Å². The van der Waals surface area contributed by atoms with Gasteiger partial charge in [-0.3, -0.25) is 9.89 Å². The van der Waals surface area contributed by atoms with Gasteiger partial charge in [-0.15, -0.1) is 16.4 Å². The number of nitrogens with zero attached hydrogens (tertiary/aromatic N) is 2. The molecule has 2 aromatic rings. The Morgan fingerprint density at radius 1 is 1.48 bits per heavy atom. The molecule has 136 valence electrons. The largest absolute Gasteiger partial charge is 0.461 e. The molecule has 0 saturated heterocycles. The van der Waals surface area contributed by atoms with Gasteiger partial charge in [0.05, 0.1) is 10.6 Å². The first-order valence-electron chi connectivity index (χ1n) is 8.81. The fourth-order valence-electron chi connectivity index (χ4n) is 3.41. The third-order valence-corrected chi connectivity index (χ3v) is 6.48. The van der Waals surface area contributed by atoms with E-state index in [1.54, 1.807) is 11.3 Å². The third kappa shape index (κ3) is 4.85. The number of hydrogen-bond acceptors (Lipinski definition) is 6. The summed E-state index contributed by atoms with van der Waals surface area (Å²) < 4.78 is 5.81. The van der Waals surface area contributed by atoms with Gasteiger partial charge >= 0.3 is 5.97 Å². The van der Waals surface area contributed by atoms with Crippen LogP contribution >= 0.6 is 23.1 Å². The van der Waals surface area contributed by atoms with Crippen molar-refractivity contribution in [3.05, 3.63) is 17.5 Å². The smallest absolute Gasteiger partial charge is 0.316 e. The number of esters is 1. The van der Waals surface area contributed by atoms with E-state index >= 15 is 0 Å². The van der Waals surface area contributed by atoms with E-state index in [0.29, 0.717) is 22.9 Å². The van der Waals surface area contributed by atoms with E-state index < -0.39 is 0 Å². The van der Waals surface area contributed by atoms with Gasteiger partial charge in [0.1, 0.15) is 6.10 Å². The van der Waals surface area contributed by atoms with Gasteiger partial charge in [0, 0.05) is 0 Å². The molecule has 2 aromatic heterocycles. The third-order valence-electron chi connectivity index (χ3n) is 4.78. The SMILES string of the molecule is CC(C)[C@H]1CC[C@@H](C)C[C@H]1OC(=O)CSc1n[nH]c(-c2cccs2)n1. The molecule has 0 spiro atoms. The Morgan fingerprint density at radius 3 is 3.04 bits per heavy atom. The first-order chi connectivity index (χ1) is 12.0. The number of rotatable bonds is 6. The van der Waals surface area contributed by atoms with Crippen LogP contribution in [0.5, 0.6) is 0 Å². The predicted molar refractivity (Wildman–Crippen MR) is 102 cm³/mol. The molecule has 2 heterocycles. The molecule has 0 amide bonds. The van der Waals surface area contributed by atoms with E-state index in [-0.39, 0.29) is 17.8 Å². The quantitative estimate of drug-likeness (QED) is 0.585. The van der Waals surface area contributed by atoms with E-state index in [1.165, 1.54) is 18.2 Å². The zero-order valence-electron chi connectivity index (χ0n) is 14.9. The molecular weight excluding hydrogens is 354 g/mol. The van der Waals surface area contributed by atoms with Crippen molar-refractivity contribution in [3.63, 3.8) is 0 Å². The number of thiophene rings is 1. The van der Waals surface area contributed by atoms with Gasteiger partial charge in [-0.25, -0.2) is 4.98 Å². The molecule has 3 rings (SSSR count). The van der Waals surface area contributed by atoms with Crippen LogP contribution in [0.15, 0.2) is 22.7 Å². The van der Waals surface area contributed by atoms with E-state index in [1.807, 2.05) is 17.5 Å². The van der Waals surface area contributed by atoms with Gasteiger partial charge in [-0.1, -0.05) is 45.0 Å². The van der Waals surface area contributed by atoms with E-state index in [2.05, 4.69) is 36.0 Å². The molecule has 0 unspecified atom stereocenters. The minimum atomic E-state index is -0.169.